The maximum Gasteiger partial charge on any atom is 0.258 e. The fraction of sp³-hybridized carbons (Fsp3) is 0.333. The van der Waals surface area contributed by atoms with Crippen molar-refractivity contribution in [1.29, 1.82) is 0 Å². The van der Waals surface area contributed by atoms with Gasteiger partial charge in [-0.25, -0.2) is 0 Å². The number of rotatable bonds is 11. The van der Waals surface area contributed by atoms with Crippen molar-refractivity contribution in [1.82, 2.24) is 4.57 Å². The van der Waals surface area contributed by atoms with Crippen LogP contribution in [0, 0.1) is 0 Å². The molecule has 0 aliphatic rings. The first kappa shape index (κ1) is 25.2. The number of nitrogens with zero attached hydrogens (tertiary/aromatic N) is 1. The van der Waals surface area contributed by atoms with Gasteiger partial charge < -0.3 is 25.8 Å². The van der Waals surface area contributed by atoms with Crippen LogP contribution in [0.4, 0.5) is 5.69 Å². The molecule has 0 bridgehead atoms. The highest BCUT2D eigenvalue weighted by Gasteiger charge is 2.25. The summed E-state index contributed by atoms with van der Waals surface area (Å²) in [6.07, 6.45) is 0.413. The van der Waals surface area contributed by atoms with Crippen molar-refractivity contribution >= 4 is 17.5 Å². The van der Waals surface area contributed by atoms with Crippen LogP contribution < -0.4 is 11.1 Å². The number of carbonyl (C=O) groups excluding carboxylic acids is 2. The molecule has 2 aromatic carbocycles. The van der Waals surface area contributed by atoms with Gasteiger partial charge in [-0.3, -0.25) is 9.59 Å². The van der Waals surface area contributed by atoms with Crippen molar-refractivity contribution in [3.63, 3.8) is 0 Å². The predicted octanol–water partition coefficient (Wildman–Crippen LogP) is 3.91. The lowest BCUT2D eigenvalue weighted by Crippen LogP contribution is -2.25. The number of anilines is 1. The number of primary amides is 1. The number of nitrogens with two attached hydrogens (primary N) is 1. The normalized spacial score (nSPS) is 13.0. The van der Waals surface area contributed by atoms with E-state index < -0.39 is 18.1 Å². The molecule has 3 rings (SSSR count). The highest BCUT2D eigenvalue weighted by molar-refractivity contribution is 6.10. The number of amides is 2. The number of aliphatic hydroxyl groups excluding tert-OH is 2. The summed E-state index contributed by atoms with van der Waals surface area (Å²) in [5.41, 5.74) is 9.07. The first-order chi connectivity index (χ1) is 16.3. The van der Waals surface area contributed by atoms with Crippen LogP contribution in [0.1, 0.15) is 55.1 Å². The molecule has 1 heterocycles. The lowest BCUT2D eigenvalue weighted by atomic mass is 9.97. The summed E-state index contributed by atoms with van der Waals surface area (Å²) < 4.78 is 2.01. The first-order valence-corrected chi connectivity index (χ1v) is 11.6. The van der Waals surface area contributed by atoms with E-state index in [2.05, 4.69) is 5.32 Å². The number of benzene rings is 2. The van der Waals surface area contributed by atoms with Gasteiger partial charge in [0.05, 0.1) is 24.2 Å². The average molecular weight is 464 g/mol. The minimum atomic E-state index is -0.978. The van der Waals surface area contributed by atoms with Crippen LogP contribution >= 0.6 is 0 Å². The Balaban J connectivity index is 1.92. The van der Waals surface area contributed by atoms with Crippen molar-refractivity contribution in [2.75, 3.05) is 5.32 Å². The van der Waals surface area contributed by atoms with Gasteiger partial charge in [0, 0.05) is 29.7 Å². The molecule has 0 spiro atoms. The van der Waals surface area contributed by atoms with E-state index in [-0.39, 0.29) is 24.7 Å². The van der Waals surface area contributed by atoms with E-state index >= 15 is 0 Å². The topological polar surface area (TPSA) is 118 Å². The van der Waals surface area contributed by atoms with Gasteiger partial charge in [0.15, 0.2) is 0 Å². The van der Waals surface area contributed by atoms with E-state index in [0.29, 0.717) is 24.2 Å². The standard InChI is InChI=1S/C27H33N3O4/c1-18(2)26-25(27(34)29-20-11-7-4-8-12-20)23(19-9-5-3-6-10-19)17-30(26)14-13-21(31)15-22(32)16-24(28)33/h3-12,17-18,21-22,31-32H,13-16H2,1-2H3,(H2,28,33)(H,29,34). The monoisotopic (exact) mass is 463 g/mol. The minimum Gasteiger partial charge on any atom is -0.393 e. The number of carbonyl (C=O) groups is 2. The largest absolute Gasteiger partial charge is 0.393 e. The smallest absolute Gasteiger partial charge is 0.258 e. The lowest BCUT2D eigenvalue weighted by molar-refractivity contribution is -0.120. The van der Waals surface area contributed by atoms with Gasteiger partial charge in [-0.1, -0.05) is 62.4 Å². The molecule has 180 valence electrons. The first-order valence-electron chi connectivity index (χ1n) is 11.6. The van der Waals surface area contributed by atoms with Gasteiger partial charge in [0.1, 0.15) is 0 Å². The number of aliphatic hydroxyl groups is 2. The molecule has 0 aliphatic carbocycles. The Morgan fingerprint density at radius 2 is 1.59 bits per heavy atom. The van der Waals surface area contributed by atoms with Gasteiger partial charge in [-0.2, -0.15) is 0 Å². The molecule has 34 heavy (non-hydrogen) atoms. The van der Waals surface area contributed by atoms with Crippen LogP contribution in [0.5, 0.6) is 0 Å². The Hall–Kier alpha value is -3.42. The molecular weight excluding hydrogens is 430 g/mol. The number of aromatic nitrogens is 1. The highest BCUT2D eigenvalue weighted by Crippen LogP contribution is 2.33. The number of para-hydroxylation sites is 1. The summed E-state index contributed by atoms with van der Waals surface area (Å²) in [6.45, 7) is 4.52. The minimum absolute atomic E-state index is 0.0478. The molecule has 5 N–H and O–H groups in total. The summed E-state index contributed by atoms with van der Waals surface area (Å²) >= 11 is 0. The second kappa shape index (κ2) is 11.6. The van der Waals surface area contributed by atoms with Crippen LogP contribution in [0.15, 0.2) is 66.9 Å². The van der Waals surface area contributed by atoms with E-state index in [1.165, 1.54) is 0 Å². The van der Waals surface area contributed by atoms with Crippen molar-refractivity contribution in [3.05, 3.63) is 78.1 Å². The fourth-order valence-electron chi connectivity index (χ4n) is 4.20. The predicted molar refractivity (Wildman–Crippen MR) is 133 cm³/mol. The maximum atomic E-state index is 13.5. The average Bonchev–Trinajstić information content (AvgIpc) is 3.18. The summed E-state index contributed by atoms with van der Waals surface area (Å²) in [4.78, 5) is 24.5. The summed E-state index contributed by atoms with van der Waals surface area (Å²) in [7, 11) is 0. The fourth-order valence-corrected chi connectivity index (χ4v) is 4.20. The third-order valence-corrected chi connectivity index (χ3v) is 5.69. The molecule has 1 aromatic heterocycles. The summed E-state index contributed by atoms with van der Waals surface area (Å²) in [6, 6.07) is 19.1. The van der Waals surface area contributed by atoms with Gasteiger partial charge in [0.25, 0.3) is 5.91 Å². The Bertz CT molecular complexity index is 1090. The van der Waals surface area contributed by atoms with Gasteiger partial charge in [0.2, 0.25) is 5.91 Å². The van der Waals surface area contributed by atoms with Crippen molar-refractivity contribution < 1.29 is 19.8 Å². The second-order valence-electron chi connectivity index (χ2n) is 8.84. The molecular formula is C27H33N3O4. The number of hydrogen-bond donors (Lipinski definition) is 4. The van der Waals surface area contributed by atoms with E-state index in [1.807, 2.05) is 85.3 Å². The van der Waals surface area contributed by atoms with E-state index in [0.717, 1.165) is 16.8 Å². The van der Waals surface area contributed by atoms with E-state index in [4.69, 9.17) is 5.73 Å². The van der Waals surface area contributed by atoms with Crippen LogP contribution in [0.2, 0.25) is 0 Å². The molecule has 0 fully saturated rings. The molecule has 0 radical (unpaired) electrons. The number of hydrogen-bond acceptors (Lipinski definition) is 4. The van der Waals surface area contributed by atoms with Gasteiger partial charge in [-0.15, -0.1) is 0 Å². The zero-order valence-corrected chi connectivity index (χ0v) is 19.6. The van der Waals surface area contributed by atoms with E-state index in [1.54, 1.807) is 0 Å². The second-order valence-corrected chi connectivity index (χ2v) is 8.84. The number of aryl methyl sites for hydroxylation is 1. The third-order valence-electron chi connectivity index (χ3n) is 5.69. The summed E-state index contributed by atoms with van der Waals surface area (Å²) in [5.74, 6) is -0.745. The molecule has 2 amide bonds. The van der Waals surface area contributed by atoms with Crippen molar-refractivity contribution in [3.8, 4) is 11.1 Å². The molecule has 2 unspecified atom stereocenters. The van der Waals surface area contributed by atoms with Crippen LogP contribution in [0.25, 0.3) is 11.1 Å². The van der Waals surface area contributed by atoms with Crippen LogP contribution in [0.3, 0.4) is 0 Å². The molecule has 0 saturated carbocycles. The quantitative estimate of drug-likeness (QED) is 0.345. The molecule has 0 saturated heterocycles. The molecule has 7 nitrogen and oxygen atoms in total. The zero-order chi connectivity index (χ0) is 24.7. The molecule has 3 aromatic rings. The van der Waals surface area contributed by atoms with E-state index in [9.17, 15) is 19.8 Å². The van der Waals surface area contributed by atoms with Crippen LogP contribution in [-0.4, -0.2) is 38.8 Å². The Morgan fingerprint density at radius 1 is 0.971 bits per heavy atom. The maximum absolute atomic E-state index is 13.5. The third kappa shape index (κ3) is 6.56. The lowest BCUT2D eigenvalue weighted by Gasteiger charge is -2.18. The van der Waals surface area contributed by atoms with Crippen molar-refractivity contribution in [2.45, 2.75) is 57.8 Å². The number of nitrogens with one attached hydrogen (secondary N) is 1. The van der Waals surface area contributed by atoms with Gasteiger partial charge >= 0.3 is 0 Å². The Kier molecular flexibility index (Phi) is 8.62. The SMILES string of the molecule is CC(C)c1c(C(=O)Nc2ccccc2)c(-c2ccccc2)cn1CCC(O)CC(O)CC(N)=O. The van der Waals surface area contributed by atoms with Crippen molar-refractivity contribution in [2.24, 2.45) is 5.73 Å². The van der Waals surface area contributed by atoms with Gasteiger partial charge in [-0.05, 0) is 36.5 Å². The highest BCUT2D eigenvalue weighted by atomic mass is 16.3. The summed E-state index contributed by atoms with van der Waals surface area (Å²) in [5, 5.41) is 23.3. The Labute approximate surface area is 200 Å². The zero-order valence-electron chi connectivity index (χ0n) is 19.6. The Morgan fingerprint density at radius 3 is 2.18 bits per heavy atom. The molecule has 7 heteroatoms. The van der Waals surface area contributed by atoms with Crippen LogP contribution in [-0.2, 0) is 11.3 Å². The molecule has 0 aliphatic heterocycles. The molecule has 2 atom stereocenters.